The van der Waals surface area contributed by atoms with Crippen molar-refractivity contribution in [2.24, 2.45) is 0 Å². The van der Waals surface area contributed by atoms with Gasteiger partial charge in [-0.15, -0.1) is 0 Å². The fraction of sp³-hybridized carbons (Fsp3) is 0.400. The van der Waals surface area contributed by atoms with Gasteiger partial charge in [0.25, 0.3) is 0 Å². The fourth-order valence-corrected chi connectivity index (χ4v) is 4.61. The smallest absolute Gasteiger partial charge is 0.119 e. The van der Waals surface area contributed by atoms with E-state index in [9.17, 15) is 0 Å². The van der Waals surface area contributed by atoms with Crippen LogP contribution in [0.3, 0.4) is 0 Å². The van der Waals surface area contributed by atoms with E-state index < -0.39 is 0 Å². The minimum Gasteiger partial charge on any atom is -0.497 e. The van der Waals surface area contributed by atoms with E-state index in [1.54, 1.807) is 7.11 Å². The topological polar surface area (TPSA) is 21.3 Å². The molecule has 0 bridgehead atoms. The molecule has 120 valence electrons. The Labute approximate surface area is 142 Å². The molecule has 0 aromatic heterocycles. The SMILES string of the molecule is COc1ccc2c(c1)C(C1(c3ccccc3Cl)CCC1)NCC2. The predicted molar refractivity (Wildman–Crippen MR) is 94.4 cm³/mol. The third kappa shape index (κ3) is 2.36. The van der Waals surface area contributed by atoms with Gasteiger partial charge in [0.05, 0.1) is 7.11 Å². The Kier molecular flexibility index (Phi) is 3.82. The molecule has 3 heteroatoms. The average molecular weight is 328 g/mol. The summed E-state index contributed by atoms with van der Waals surface area (Å²) in [5, 5.41) is 4.67. The van der Waals surface area contributed by atoms with Crippen LogP contribution in [0, 0.1) is 0 Å². The highest BCUT2D eigenvalue weighted by Gasteiger charge is 2.48. The van der Waals surface area contributed by atoms with Crippen molar-refractivity contribution in [3.05, 3.63) is 64.2 Å². The first-order valence-electron chi connectivity index (χ1n) is 8.40. The van der Waals surface area contributed by atoms with E-state index >= 15 is 0 Å². The molecule has 0 spiro atoms. The fourth-order valence-electron chi connectivity index (χ4n) is 4.29. The Hall–Kier alpha value is -1.51. The summed E-state index contributed by atoms with van der Waals surface area (Å²) in [6.07, 6.45) is 4.72. The van der Waals surface area contributed by atoms with Crippen molar-refractivity contribution in [3.8, 4) is 5.75 Å². The minimum atomic E-state index is 0.111. The van der Waals surface area contributed by atoms with E-state index in [1.807, 2.05) is 12.1 Å². The van der Waals surface area contributed by atoms with Crippen molar-refractivity contribution < 1.29 is 4.74 Å². The van der Waals surface area contributed by atoms with Gasteiger partial charge in [-0.2, -0.15) is 0 Å². The lowest BCUT2D eigenvalue weighted by atomic mass is 9.58. The molecule has 1 heterocycles. The maximum atomic E-state index is 6.57. The molecule has 0 amide bonds. The zero-order chi connectivity index (χ0) is 15.9. The van der Waals surface area contributed by atoms with E-state index in [0.717, 1.165) is 23.7 Å². The van der Waals surface area contributed by atoms with Crippen molar-refractivity contribution in [1.82, 2.24) is 5.32 Å². The van der Waals surface area contributed by atoms with Crippen LogP contribution in [0.1, 0.15) is 42.0 Å². The molecule has 1 saturated carbocycles. The number of fused-ring (bicyclic) bond motifs is 1. The number of ether oxygens (including phenoxy) is 1. The van der Waals surface area contributed by atoms with Crippen LogP contribution in [-0.2, 0) is 11.8 Å². The highest BCUT2D eigenvalue weighted by atomic mass is 35.5. The quantitative estimate of drug-likeness (QED) is 0.885. The number of nitrogens with one attached hydrogen (secondary N) is 1. The molecule has 2 nitrogen and oxygen atoms in total. The van der Waals surface area contributed by atoms with Crippen LogP contribution in [0.2, 0.25) is 5.02 Å². The Morgan fingerprint density at radius 2 is 2.00 bits per heavy atom. The molecule has 1 aliphatic carbocycles. The molecule has 1 N–H and O–H groups in total. The summed E-state index contributed by atoms with van der Waals surface area (Å²) in [5.41, 5.74) is 4.23. The van der Waals surface area contributed by atoms with Crippen molar-refractivity contribution in [1.29, 1.82) is 0 Å². The molecule has 23 heavy (non-hydrogen) atoms. The van der Waals surface area contributed by atoms with Crippen LogP contribution in [0.25, 0.3) is 0 Å². The number of hydrogen-bond acceptors (Lipinski definition) is 2. The lowest BCUT2D eigenvalue weighted by Crippen LogP contribution is -2.49. The summed E-state index contributed by atoms with van der Waals surface area (Å²) in [6.45, 7) is 1.02. The van der Waals surface area contributed by atoms with Crippen molar-refractivity contribution in [2.45, 2.75) is 37.1 Å². The number of halogens is 1. The molecule has 2 aromatic rings. The van der Waals surface area contributed by atoms with E-state index in [-0.39, 0.29) is 5.41 Å². The van der Waals surface area contributed by atoms with Crippen LogP contribution < -0.4 is 10.1 Å². The zero-order valence-corrected chi connectivity index (χ0v) is 14.2. The zero-order valence-electron chi connectivity index (χ0n) is 13.4. The molecule has 2 aromatic carbocycles. The molecule has 1 aliphatic heterocycles. The molecular weight excluding hydrogens is 306 g/mol. The van der Waals surface area contributed by atoms with E-state index in [0.29, 0.717) is 6.04 Å². The number of benzene rings is 2. The highest BCUT2D eigenvalue weighted by Crippen LogP contribution is 2.55. The predicted octanol–water partition coefficient (Wildman–Crippen LogP) is 4.66. The van der Waals surface area contributed by atoms with Crippen LogP contribution >= 0.6 is 11.6 Å². The first-order chi connectivity index (χ1) is 11.2. The summed E-state index contributed by atoms with van der Waals surface area (Å²) < 4.78 is 5.47. The van der Waals surface area contributed by atoms with Crippen molar-refractivity contribution >= 4 is 11.6 Å². The monoisotopic (exact) mass is 327 g/mol. The van der Waals surface area contributed by atoms with Gasteiger partial charge in [0, 0.05) is 16.5 Å². The first kappa shape index (κ1) is 15.0. The maximum absolute atomic E-state index is 6.57. The molecule has 0 saturated heterocycles. The normalized spacial score (nSPS) is 22.1. The summed E-state index contributed by atoms with van der Waals surface area (Å²) >= 11 is 6.57. The third-order valence-electron chi connectivity index (χ3n) is 5.62. The average Bonchev–Trinajstić information content (AvgIpc) is 2.55. The molecule has 0 radical (unpaired) electrons. The van der Waals surface area contributed by atoms with Crippen LogP contribution in [0.15, 0.2) is 42.5 Å². The Bertz CT molecular complexity index is 723. The highest BCUT2D eigenvalue weighted by molar-refractivity contribution is 6.31. The summed E-state index contributed by atoms with van der Waals surface area (Å²) in [6, 6.07) is 15.2. The van der Waals surface area contributed by atoms with E-state index in [2.05, 4.69) is 35.6 Å². The Morgan fingerprint density at radius 3 is 2.70 bits per heavy atom. The van der Waals surface area contributed by atoms with Crippen LogP contribution in [-0.4, -0.2) is 13.7 Å². The maximum Gasteiger partial charge on any atom is 0.119 e. The van der Waals surface area contributed by atoms with Gasteiger partial charge in [-0.1, -0.05) is 42.3 Å². The first-order valence-corrected chi connectivity index (χ1v) is 8.77. The van der Waals surface area contributed by atoms with E-state index in [1.165, 1.54) is 36.0 Å². The van der Waals surface area contributed by atoms with Gasteiger partial charge in [-0.3, -0.25) is 0 Å². The van der Waals surface area contributed by atoms with Gasteiger partial charge in [0.2, 0.25) is 0 Å². The number of rotatable bonds is 3. The molecule has 1 fully saturated rings. The minimum absolute atomic E-state index is 0.111. The van der Waals surface area contributed by atoms with Crippen LogP contribution in [0.4, 0.5) is 0 Å². The standard InChI is InChI=1S/C20H22ClNO/c1-23-15-8-7-14-9-12-22-19(16(14)13-15)20(10-4-11-20)17-5-2-3-6-18(17)21/h2-3,5-8,13,19,22H,4,9-12H2,1H3. The molecule has 4 rings (SSSR count). The molecule has 1 unspecified atom stereocenters. The molecular formula is C20H22ClNO. The number of hydrogen-bond donors (Lipinski definition) is 1. The lowest BCUT2D eigenvalue weighted by molar-refractivity contribution is 0.164. The lowest BCUT2D eigenvalue weighted by Gasteiger charge is -2.51. The summed E-state index contributed by atoms with van der Waals surface area (Å²) in [4.78, 5) is 0. The Balaban J connectivity index is 1.83. The van der Waals surface area contributed by atoms with Gasteiger partial charge in [0.1, 0.15) is 5.75 Å². The van der Waals surface area contributed by atoms with Crippen molar-refractivity contribution in [3.63, 3.8) is 0 Å². The van der Waals surface area contributed by atoms with Gasteiger partial charge in [0.15, 0.2) is 0 Å². The summed E-state index contributed by atoms with van der Waals surface area (Å²) in [7, 11) is 1.74. The molecule has 2 aliphatic rings. The second-order valence-corrected chi connectivity index (χ2v) is 7.10. The van der Waals surface area contributed by atoms with Gasteiger partial charge in [-0.25, -0.2) is 0 Å². The van der Waals surface area contributed by atoms with Crippen LogP contribution in [0.5, 0.6) is 5.75 Å². The van der Waals surface area contributed by atoms with Gasteiger partial charge >= 0.3 is 0 Å². The second kappa shape index (κ2) is 5.85. The largest absolute Gasteiger partial charge is 0.497 e. The van der Waals surface area contributed by atoms with Crippen molar-refractivity contribution in [2.75, 3.05) is 13.7 Å². The van der Waals surface area contributed by atoms with E-state index in [4.69, 9.17) is 16.3 Å². The molecule has 1 atom stereocenters. The number of methoxy groups -OCH3 is 1. The summed E-state index contributed by atoms with van der Waals surface area (Å²) in [5.74, 6) is 0.936. The third-order valence-corrected chi connectivity index (χ3v) is 5.95. The van der Waals surface area contributed by atoms with Gasteiger partial charge < -0.3 is 10.1 Å². The Morgan fingerprint density at radius 1 is 1.17 bits per heavy atom. The second-order valence-electron chi connectivity index (χ2n) is 6.69. The van der Waals surface area contributed by atoms with Gasteiger partial charge in [-0.05, 0) is 60.7 Å².